The molecule has 0 aliphatic rings. The summed E-state index contributed by atoms with van der Waals surface area (Å²) in [7, 11) is 3.14. The van der Waals surface area contributed by atoms with Crippen molar-refractivity contribution in [2.45, 2.75) is 52.0 Å². The van der Waals surface area contributed by atoms with Crippen molar-refractivity contribution in [3.63, 3.8) is 0 Å². The van der Waals surface area contributed by atoms with Gasteiger partial charge < -0.3 is 0 Å². The molecule has 7 heteroatoms. The minimum atomic E-state index is -0.364. The molecule has 0 saturated heterocycles. The number of nitrogens with zero attached hydrogens (tertiary/aromatic N) is 4. The molecule has 2 rings (SSSR count). The Morgan fingerprint density at radius 1 is 1.08 bits per heavy atom. The molecule has 24 heavy (non-hydrogen) atoms. The van der Waals surface area contributed by atoms with Crippen molar-refractivity contribution >= 4 is 22.8 Å². The number of thioether (sulfide) groups is 1. The van der Waals surface area contributed by atoms with Gasteiger partial charge >= 0.3 is 5.69 Å². The fourth-order valence-corrected chi connectivity index (χ4v) is 3.56. The van der Waals surface area contributed by atoms with E-state index in [0.717, 1.165) is 23.2 Å². The Hall–Kier alpha value is -1.63. The van der Waals surface area contributed by atoms with Gasteiger partial charge in [-0.2, -0.15) is 0 Å². The molecule has 0 aliphatic carbocycles. The van der Waals surface area contributed by atoms with Crippen LogP contribution in [0.25, 0.3) is 11.0 Å². The molecule has 0 N–H and O–H groups in total. The van der Waals surface area contributed by atoms with Crippen LogP contribution in [0.5, 0.6) is 0 Å². The van der Waals surface area contributed by atoms with E-state index < -0.39 is 0 Å². The maximum atomic E-state index is 12.6. The van der Waals surface area contributed by atoms with E-state index in [2.05, 4.69) is 37.7 Å². The molecule has 6 nitrogen and oxygen atoms in total. The van der Waals surface area contributed by atoms with Crippen LogP contribution in [0.15, 0.2) is 14.6 Å². The van der Waals surface area contributed by atoms with Crippen molar-refractivity contribution in [1.82, 2.24) is 19.1 Å². The zero-order valence-electron chi connectivity index (χ0n) is 15.3. The minimum absolute atomic E-state index is 0.0254. The molecule has 2 heterocycles. The van der Waals surface area contributed by atoms with Crippen LogP contribution in [0.2, 0.25) is 0 Å². The van der Waals surface area contributed by atoms with E-state index in [1.807, 2.05) is 0 Å². The lowest BCUT2D eigenvalue weighted by Crippen LogP contribution is -2.38. The first-order chi connectivity index (χ1) is 11.2. The molecule has 0 bridgehead atoms. The summed E-state index contributed by atoms with van der Waals surface area (Å²) < 4.78 is 2.56. The van der Waals surface area contributed by atoms with Gasteiger partial charge in [0.05, 0.1) is 0 Å². The van der Waals surface area contributed by atoms with Crippen molar-refractivity contribution in [2.75, 3.05) is 5.75 Å². The summed E-state index contributed by atoms with van der Waals surface area (Å²) >= 11 is 1.57. The van der Waals surface area contributed by atoms with E-state index in [-0.39, 0.29) is 16.7 Å². The number of aromatic nitrogens is 4. The van der Waals surface area contributed by atoms with Crippen molar-refractivity contribution in [3.05, 3.63) is 26.7 Å². The van der Waals surface area contributed by atoms with E-state index in [1.165, 1.54) is 11.6 Å². The molecule has 0 amide bonds. The van der Waals surface area contributed by atoms with E-state index in [1.54, 1.807) is 18.8 Å². The van der Waals surface area contributed by atoms with Crippen molar-refractivity contribution in [3.8, 4) is 0 Å². The number of fused-ring (bicyclic) bond motifs is 1. The number of hydrogen-bond donors (Lipinski definition) is 0. The van der Waals surface area contributed by atoms with Gasteiger partial charge in [-0.05, 0) is 17.6 Å². The third-order valence-corrected chi connectivity index (χ3v) is 4.80. The highest BCUT2D eigenvalue weighted by Gasteiger charge is 2.20. The molecule has 0 spiro atoms. The lowest BCUT2D eigenvalue weighted by atomic mass is 9.92. The predicted octanol–water partition coefficient (Wildman–Crippen LogP) is 2.51. The third-order valence-electron chi connectivity index (χ3n) is 3.74. The topological polar surface area (TPSA) is 69.8 Å². The fraction of sp³-hybridized carbons (Fsp3) is 0.647. The van der Waals surface area contributed by atoms with E-state index in [0.29, 0.717) is 28.3 Å². The molecule has 0 aromatic carbocycles. The van der Waals surface area contributed by atoms with Gasteiger partial charge in [0, 0.05) is 20.5 Å². The van der Waals surface area contributed by atoms with E-state index in [9.17, 15) is 9.59 Å². The van der Waals surface area contributed by atoms with Crippen LogP contribution >= 0.6 is 11.8 Å². The van der Waals surface area contributed by atoms with Crippen molar-refractivity contribution in [2.24, 2.45) is 19.5 Å². The summed E-state index contributed by atoms with van der Waals surface area (Å²) in [6.07, 6.45) is 2.83. The number of aryl methyl sites for hydroxylation is 1. The average molecular weight is 350 g/mol. The van der Waals surface area contributed by atoms with Crippen LogP contribution < -0.4 is 11.2 Å². The molecular formula is C17H26N4O2S. The van der Waals surface area contributed by atoms with Crippen molar-refractivity contribution < 1.29 is 0 Å². The molecule has 0 fully saturated rings. The highest BCUT2D eigenvalue weighted by molar-refractivity contribution is 7.99. The lowest BCUT2D eigenvalue weighted by Gasteiger charge is -2.18. The van der Waals surface area contributed by atoms with Gasteiger partial charge in [-0.3, -0.25) is 13.9 Å². The molecule has 132 valence electrons. The Balaban J connectivity index is 2.73. The first kappa shape index (κ1) is 18.7. The molecule has 0 saturated carbocycles. The Morgan fingerprint density at radius 3 is 2.33 bits per heavy atom. The Morgan fingerprint density at radius 2 is 1.75 bits per heavy atom. The van der Waals surface area contributed by atoms with Gasteiger partial charge in [-0.15, -0.1) is 11.8 Å². The monoisotopic (exact) mass is 350 g/mol. The highest BCUT2D eigenvalue weighted by atomic mass is 32.2. The fourth-order valence-electron chi connectivity index (χ4n) is 2.44. The molecule has 0 aliphatic heterocycles. The largest absolute Gasteiger partial charge is 0.332 e. The number of unbranched alkanes of at least 4 members (excludes halogenated alkanes) is 1. The average Bonchev–Trinajstić information content (AvgIpc) is 2.49. The smallest absolute Gasteiger partial charge is 0.280 e. The van der Waals surface area contributed by atoms with Gasteiger partial charge in [0.25, 0.3) is 5.56 Å². The maximum absolute atomic E-state index is 12.6. The molecule has 2 aromatic rings. The second kappa shape index (κ2) is 7.09. The van der Waals surface area contributed by atoms with E-state index >= 15 is 0 Å². The zero-order chi connectivity index (χ0) is 18.1. The van der Waals surface area contributed by atoms with Crippen molar-refractivity contribution in [1.29, 1.82) is 0 Å². The number of hydrogen-bond acceptors (Lipinski definition) is 5. The Bertz CT molecular complexity index is 862. The standard InChI is InChI=1S/C17H26N4O2S/c1-7-8-9-24-14-12-13(18-11(19-14)10-17(2,3)4)20(5)16(23)21(6)15(12)22/h7-10H2,1-6H3. The maximum Gasteiger partial charge on any atom is 0.332 e. The normalized spacial score (nSPS) is 12.1. The molecule has 0 atom stereocenters. The molecule has 0 radical (unpaired) electrons. The SMILES string of the molecule is CCCCSc1nc(CC(C)(C)C)nc2c1c(=O)n(C)c(=O)n2C. The summed E-state index contributed by atoms with van der Waals surface area (Å²) in [4.78, 5) is 34.0. The van der Waals surface area contributed by atoms with Crippen LogP contribution in [0.1, 0.15) is 46.4 Å². The zero-order valence-corrected chi connectivity index (χ0v) is 16.2. The second-order valence-electron chi connectivity index (χ2n) is 7.29. The summed E-state index contributed by atoms with van der Waals surface area (Å²) in [5.74, 6) is 1.57. The Labute approximate surface area is 146 Å². The van der Waals surface area contributed by atoms with Gasteiger partial charge in [0.1, 0.15) is 16.2 Å². The summed E-state index contributed by atoms with van der Waals surface area (Å²) in [5.41, 5.74) is -0.236. The van der Waals surface area contributed by atoms with Gasteiger partial charge in [0.15, 0.2) is 5.65 Å². The van der Waals surface area contributed by atoms with Crippen LogP contribution in [-0.4, -0.2) is 24.9 Å². The second-order valence-corrected chi connectivity index (χ2v) is 8.37. The number of rotatable bonds is 5. The van der Waals surface area contributed by atoms with Gasteiger partial charge in [-0.25, -0.2) is 14.8 Å². The summed E-state index contributed by atoms with van der Waals surface area (Å²) in [5, 5.41) is 1.13. The Kier molecular flexibility index (Phi) is 5.52. The molecular weight excluding hydrogens is 324 g/mol. The minimum Gasteiger partial charge on any atom is -0.280 e. The predicted molar refractivity (Wildman–Crippen MR) is 98.8 cm³/mol. The highest BCUT2D eigenvalue weighted by Crippen LogP contribution is 2.26. The first-order valence-corrected chi connectivity index (χ1v) is 9.23. The quantitative estimate of drug-likeness (QED) is 0.471. The summed E-state index contributed by atoms with van der Waals surface area (Å²) in [6.45, 7) is 8.49. The first-order valence-electron chi connectivity index (χ1n) is 8.25. The lowest BCUT2D eigenvalue weighted by molar-refractivity contribution is 0.399. The molecule has 0 unspecified atom stereocenters. The summed E-state index contributed by atoms with van der Waals surface area (Å²) in [6, 6.07) is 0. The van der Waals surface area contributed by atoms with Gasteiger partial charge in [-0.1, -0.05) is 34.1 Å². The van der Waals surface area contributed by atoms with E-state index in [4.69, 9.17) is 0 Å². The molecule has 2 aromatic heterocycles. The van der Waals surface area contributed by atoms with Crippen LogP contribution in [-0.2, 0) is 20.5 Å². The van der Waals surface area contributed by atoms with Crippen LogP contribution in [0.3, 0.4) is 0 Å². The van der Waals surface area contributed by atoms with Crippen LogP contribution in [0.4, 0.5) is 0 Å². The van der Waals surface area contributed by atoms with Crippen LogP contribution in [0, 0.1) is 5.41 Å². The van der Waals surface area contributed by atoms with Gasteiger partial charge in [0.2, 0.25) is 0 Å². The third kappa shape index (κ3) is 3.88.